The van der Waals surface area contributed by atoms with Crippen LogP contribution in [0.1, 0.15) is 1.43 Å². The van der Waals surface area contributed by atoms with Crippen LogP contribution in [-0.4, -0.2) is 0 Å². The maximum Gasteiger partial charge on any atom is 1.00 e. The van der Waals surface area contributed by atoms with E-state index in [0.717, 1.165) is 0 Å². The summed E-state index contributed by atoms with van der Waals surface area (Å²) in [6.07, 6.45) is 0. The molecule has 0 N–H and O–H groups in total. The van der Waals surface area contributed by atoms with Crippen molar-refractivity contribution in [2.75, 3.05) is 0 Å². The van der Waals surface area contributed by atoms with Crippen LogP contribution in [0.15, 0.2) is 0 Å². The van der Waals surface area contributed by atoms with Gasteiger partial charge in [0, 0.05) is 0 Å². The minimum Gasteiger partial charge on any atom is -1.00 e. The second kappa shape index (κ2) is 163. The molecule has 0 radical (unpaired) electrons. The molecule has 0 atom stereocenters. The van der Waals surface area contributed by atoms with Gasteiger partial charge in [0.05, 0.1) is 0 Å². The average Bonchev–Trinajstić information content (AvgIpc) is 0.918. The molecular formula is H5F4LiO2P+. The number of hydrogen-bond acceptors (Lipinski definition) is 2. The van der Waals surface area contributed by atoms with Crippen LogP contribution in [0.25, 0.3) is 0 Å². The topological polar surface area (TPSA) is 34.1 Å². The first-order chi connectivity index (χ1) is 1.41. The Labute approximate surface area is 57.4 Å². The van der Waals surface area contributed by atoms with E-state index in [-0.39, 0.29) is 39.1 Å². The third-order valence-electron chi connectivity index (χ3n) is 0. The fourth-order valence-electron chi connectivity index (χ4n) is 0. The zero-order chi connectivity index (χ0) is 2.71. The molecule has 0 aliphatic rings. The molecule has 0 heterocycles. The van der Waals surface area contributed by atoms with E-state index in [1.807, 2.05) is 0 Å². The van der Waals surface area contributed by atoms with Crippen molar-refractivity contribution >= 4 is 8.34 Å². The summed E-state index contributed by atoms with van der Waals surface area (Å²) in [5, 5.41) is 0. The third-order valence-corrected chi connectivity index (χ3v) is 0. The van der Waals surface area contributed by atoms with E-state index in [4.69, 9.17) is 9.13 Å². The van der Waals surface area contributed by atoms with Gasteiger partial charge in [0.2, 0.25) is 0 Å². The molecular weight excluding hydrogens is 146 g/mol. The molecule has 0 amide bonds. The maximum absolute atomic E-state index is 8.35. The predicted octanol–water partition coefficient (Wildman–Crippen LogP) is -1.65. The first-order valence-corrected chi connectivity index (χ1v) is 1.10. The standard InChI is InChI=1S/4FH.Li.O2P.H/c;;;;;1-3-2;/h4*1H;;;/q;;;;2*+1;-1. The van der Waals surface area contributed by atoms with Crippen molar-refractivity contribution in [3.05, 3.63) is 0 Å². The van der Waals surface area contributed by atoms with Gasteiger partial charge >= 0.3 is 36.3 Å². The molecule has 0 aromatic heterocycles. The Kier molecular flexibility index (Phi) is 1670. The van der Waals surface area contributed by atoms with Crippen molar-refractivity contribution in [3.8, 4) is 0 Å². The number of halogens is 4. The molecule has 2 nitrogen and oxygen atoms in total. The number of rotatable bonds is 0. The van der Waals surface area contributed by atoms with Gasteiger partial charge in [0.1, 0.15) is 0 Å². The Balaban J connectivity index is -0.00000000133. The summed E-state index contributed by atoms with van der Waals surface area (Å²) in [4.78, 5) is 0. The molecule has 0 unspecified atom stereocenters. The van der Waals surface area contributed by atoms with Gasteiger partial charge < -0.3 is 1.43 Å². The van der Waals surface area contributed by atoms with Crippen molar-refractivity contribution in [1.29, 1.82) is 0 Å². The summed E-state index contributed by atoms with van der Waals surface area (Å²) < 4.78 is 16.7. The van der Waals surface area contributed by atoms with Crippen molar-refractivity contribution in [2.45, 2.75) is 0 Å². The second-order valence-electron chi connectivity index (χ2n) is 0.0745. The minimum atomic E-state index is -1.08. The molecule has 0 aliphatic carbocycles. The molecule has 8 heteroatoms. The van der Waals surface area contributed by atoms with Gasteiger partial charge in [-0.05, 0) is 0 Å². The van der Waals surface area contributed by atoms with E-state index in [9.17, 15) is 0 Å². The van der Waals surface area contributed by atoms with Crippen LogP contribution < -0.4 is 18.9 Å². The van der Waals surface area contributed by atoms with Gasteiger partial charge in [-0.25, -0.2) is 0 Å². The Morgan fingerprint density at radius 1 is 0.875 bits per heavy atom. The monoisotopic (exact) mass is 151 g/mol. The molecule has 0 fully saturated rings. The van der Waals surface area contributed by atoms with Crippen LogP contribution in [0.2, 0.25) is 0 Å². The van der Waals surface area contributed by atoms with Crippen LogP contribution in [0.5, 0.6) is 0 Å². The first-order valence-electron chi connectivity index (χ1n) is 0.365. The molecule has 0 rings (SSSR count). The molecule has 0 aromatic carbocycles. The Bertz CT molecular complexity index is 39.5. The average molecular weight is 151 g/mol. The number of hydrogen-bond donors (Lipinski definition) is 0. The van der Waals surface area contributed by atoms with Gasteiger partial charge in [-0.1, -0.05) is 0 Å². The Morgan fingerprint density at radius 2 is 0.875 bits per heavy atom. The summed E-state index contributed by atoms with van der Waals surface area (Å²) in [7, 11) is -1.08. The van der Waals surface area contributed by atoms with Gasteiger partial charge in [-0.3, -0.25) is 18.8 Å². The molecule has 0 bridgehead atoms. The van der Waals surface area contributed by atoms with E-state index in [2.05, 4.69) is 0 Å². The zero-order valence-electron chi connectivity index (χ0n) is 4.90. The molecule has 8 heavy (non-hydrogen) atoms. The van der Waals surface area contributed by atoms with Crippen LogP contribution in [0.3, 0.4) is 0 Å². The van der Waals surface area contributed by atoms with E-state index >= 15 is 0 Å². The maximum atomic E-state index is 8.35. The van der Waals surface area contributed by atoms with Crippen molar-refractivity contribution in [1.82, 2.24) is 0 Å². The van der Waals surface area contributed by atoms with Crippen molar-refractivity contribution in [3.63, 3.8) is 0 Å². The molecule has 50 valence electrons. The summed E-state index contributed by atoms with van der Waals surface area (Å²) in [6, 6.07) is 0. The van der Waals surface area contributed by atoms with Gasteiger partial charge in [0.25, 0.3) is 0 Å². The summed E-state index contributed by atoms with van der Waals surface area (Å²) in [5.74, 6) is 0. The quantitative estimate of drug-likeness (QED) is 0.236. The molecule has 0 saturated carbocycles. The molecule has 0 spiro atoms. The molecule has 0 aromatic rings. The fraction of sp³-hybridized carbons (Fsp3) is 0. The van der Waals surface area contributed by atoms with Crippen molar-refractivity contribution < 1.29 is 48.2 Å². The second-order valence-corrected chi connectivity index (χ2v) is 0.224. The van der Waals surface area contributed by atoms with E-state index in [1.165, 1.54) is 0 Å². The van der Waals surface area contributed by atoms with Gasteiger partial charge in [-0.15, -0.1) is 0 Å². The van der Waals surface area contributed by atoms with Crippen LogP contribution in [0.4, 0.5) is 18.8 Å². The van der Waals surface area contributed by atoms with E-state index in [0.29, 0.717) is 0 Å². The minimum absolute atomic E-state index is 0. The SMILES string of the molecule is F.F.F.F.O=[P+]=O.[H-].[Li+]. The Morgan fingerprint density at radius 3 is 0.875 bits per heavy atom. The fourth-order valence-corrected chi connectivity index (χ4v) is 0. The third kappa shape index (κ3) is 1500. The van der Waals surface area contributed by atoms with Gasteiger partial charge in [0.15, 0.2) is 0 Å². The van der Waals surface area contributed by atoms with Crippen LogP contribution >= 0.6 is 8.34 Å². The van der Waals surface area contributed by atoms with E-state index in [1.54, 1.807) is 0 Å². The largest absolute Gasteiger partial charge is 1.00 e. The molecule has 0 saturated heterocycles. The smallest absolute Gasteiger partial charge is 1.00 e. The summed E-state index contributed by atoms with van der Waals surface area (Å²) >= 11 is 0. The van der Waals surface area contributed by atoms with Crippen LogP contribution in [-0.2, 0) is 9.13 Å². The molecule has 0 aliphatic heterocycles. The van der Waals surface area contributed by atoms with Crippen LogP contribution in [0, 0.1) is 0 Å². The summed E-state index contributed by atoms with van der Waals surface area (Å²) in [6.45, 7) is 0. The van der Waals surface area contributed by atoms with Crippen molar-refractivity contribution in [2.24, 2.45) is 0 Å². The summed E-state index contributed by atoms with van der Waals surface area (Å²) in [5.41, 5.74) is 0. The Hall–Kier alpha value is 0.347. The predicted molar refractivity (Wildman–Crippen MR) is 19.4 cm³/mol. The zero-order valence-corrected chi connectivity index (χ0v) is 4.79. The van der Waals surface area contributed by atoms with Gasteiger partial charge in [-0.2, -0.15) is 0 Å². The van der Waals surface area contributed by atoms with E-state index < -0.39 is 8.34 Å². The normalized spacial score (nSPS) is 1.00. The first kappa shape index (κ1) is 81.8.